The van der Waals surface area contributed by atoms with Crippen LogP contribution in [0.4, 0.5) is 0 Å². The predicted octanol–water partition coefficient (Wildman–Crippen LogP) is 5.61. The van der Waals surface area contributed by atoms with Gasteiger partial charge in [-0.25, -0.2) is 4.79 Å². The van der Waals surface area contributed by atoms with Crippen molar-refractivity contribution < 1.29 is 28.6 Å². The Morgan fingerprint density at radius 3 is 2.11 bits per heavy atom. The first-order chi connectivity index (χ1) is 18.0. The quantitative estimate of drug-likeness (QED) is 0.149. The van der Waals surface area contributed by atoms with Crippen LogP contribution in [0, 0.1) is 0 Å². The minimum atomic E-state index is -1.22. The van der Waals surface area contributed by atoms with Gasteiger partial charge in [0.2, 0.25) is 0 Å². The van der Waals surface area contributed by atoms with Crippen molar-refractivity contribution >= 4 is 17.9 Å². The second-order valence-corrected chi connectivity index (χ2v) is 8.75. The van der Waals surface area contributed by atoms with E-state index in [0.717, 1.165) is 11.1 Å². The van der Waals surface area contributed by atoms with Gasteiger partial charge in [0, 0.05) is 11.6 Å². The molecule has 0 saturated heterocycles. The first kappa shape index (κ1) is 25.6. The highest BCUT2D eigenvalue weighted by Crippen LogP contribution is 2.48. The number of hydrogen-bond acceptors (Lipinski definition) is 6. The lowest BCUT2D eigenvalue weighted by Crippen LogP contribution is -2.36. The summed E-state index contributed by atoms with van der Waals surface area (Å²) in [5, 5.41) is 0. The highest BCUT2D eigenvalue weighted by Gasteiger charge is 2.50. The van der Waals surface area contributed by atoms with E-state index in [-0.39, 0.29) is 26.1 Å². The molecule has 0 amide bonds. The van der Waals surface area contributed by atoms with Crippen LogP contribution < -0.4 is 4.74 Å². The van der Waals surface area contributed by atoms with E-state index in [1.165, 1.54) is 6.08 Å². The van der Waals surface area contributed by atoms with Gasteiger partial charge in [-0.15, -0.1) is 0 Å². The number of carbonyl (C=O) groups excluding carboxylic acids is 3. The first-order valence-electron chi connectivity index (χ1n) is 12.1. The summed E-state index contributed by atoms with van der Waals surface area (Å²) in [6.45, 7) is 4.42. The van der Waals surface area contributed by atoms with Crippen LogP contribution >= 0.6 is 0 Å². The fourth-order valence-corrected chi connectivity index (χ4v) is 4.32. The highest BCUT2D eigenvalue weighted by molar-refractivity contribution is 5.95. The molecule has 6 heteroatoms. The molecule has 6 nitrogen and oxygen atoms in total. The van der Waals surface area contributed by atoms with Crippen LogP contribution in [0.2, 0.25) is 0 Å². The molecule has 1 unspecified atom stereocenters. The molecule has 0 aromatic heterocycles. The number of para-hydroxylation sites is 1. The van der Waals surface area contributed by atoms with Gasteiger partial charge < -0.3 is 14.2 Å². The molecule has 0 saturated carbocycles. The second-order valence-electron chi connectivity index (χ2n) is 8.75. The number of rotatable bonds is 11. The van der Waals surface area contributed by atoms with Crippen molar-refractivity contribution in [2.45, 2.75) is 37.9 Å². The zero-order valence-electron chi connectivity index (χ0n) is 20.4. The van der Waals surface area contributed by atoms with E-state index >= 15 is 0 Å². The monoisotopic (exact) mass is 496 g/mol. The summed E-state index contributed by atoms with van der Waals surface area (Å²) in [5.74, 6) is -1.01. The number of carbonyl (C=O) groups is 3. The fourth-order valence-electron chi connectivity index (χ4n) is 4.32. The molecule has 0 radical (unpaired) electrons. The van der Waals surface area contributed by atoms with E-state index in [2.05, 4.69) is 6.58 Å². The van der Waals surface area contributed by atoms with Gasteiger partial charge in [0.25, 0.3) is 0 Å². The second kappa shape index (κ2) is 12.0. The van der Waals surface area contributed by atoms with Crippen molar-refractivity contribution in [1.29, 1.82) is 0 Å². The third-order valence-electron chi connectivity index (χ3n) is 6.27. The van der Waals surface area contributed by atoms with Crippen molar-refractivity contribution in [1.82, 2.24) is 0 Å². The largest absolute Gasteiger partial charge is 0.461 e. The number of hydrogen-bond donors (Lipinski definition) is 0. The zero-order valence-corrected chi connectivity index (χ0v) is 20.4. The number of ether oxygens (including phenoxy) is 3. The van der Waals surface area contributed by atoms with Gasteiger partial charge in [-0.1, -0.05) is 91.5 Å². The third kappa shape index (κ3) is 6.22. The minimum Gasteiger partial charge on any atom is -0.461 e. The topological polar surface area (TPSA) is 78.9 Å². The molecular formula is C31H28O6. The van der Waals surface area contributed by atoms with Crippen molar-refractivity contribution in [3.63, 3.8) is 0 Å². The van der Waals surface area contributed by atoms with Crippen LogP contribution in [0.15, 0.2) is 109 Å². The molecule has 188 valence electrons. The van der Waals surface area contributed by atoms with Gasteiger partial charge in [-0.3, -0.25) is 9.59 Å². The fraction of sp³-hybridized carbons (Fsp3) is 0.194. The number of esters is 3. The van der Waals surface area contributed by atoms with Crippen LogP contribution in [0.3, 0.4) is 0 Å². The molecule has 1 aliphatic heterocycles. The maximum atomic E-state index is 13.2. The Labute approximate surface area is 216 Å². The smallest absolute Gasteiger partial charge is 0.330 e. The molecule has 0 N–H and O–H groups in total. The van der Waals surface area contributed by atoms with Gasteiger partial charge in [0.15, 0.2) is 0 Å². The van der Waals surface area contributed by atoms with E-state index in [4.69, 9.17) is 14.2 Å². The minimum absolute atomic E-state index is 0.134. The summed E-state index contributed by atoms with van der Waals surface area (Å²) in [6, 6.07) is 25.9. The Kier molecular flexibility index (Phi) is 8.31. The SMILES string of the molecule is C=C(CC(=O)OCc1ccccc1)C1(CC/C=C/C(=O)OCc2ccccc2)C(=O)Oc2ccccc21. The molecule has 1 aliphatic rings. The summed E-state index contributed by atoms with van der Waals surface area (Å²) >= 11 is 0. The van der Waals surface area contributed by atoms with Gasteiger partial charge in [-0.2, -0.15) is 0 Å². The van der Waals surface area contributed by atoms with Crippen molar-refractivity contribution in [2.75, 3.05) is 0 Å². The summed E-state index contributed by atoms with van der Waals surface area (Å²) in [7, 11) is 0. The van der Waals surface area contributed by atoms with Gasteiger partial charge >= 0.3 is 17.9 Å². The molecule has 3 aromatic rings. The average molecular weight is 497 g/mol. The van der Waals surface area contributed by atoms with Crippen molar-refractivity contribution in [3.8, 4) is 5.75 Å². The van der Waals surface area contributed by atoms with Crippen LogP contribution in [0.25, 0.3) is 0 Å². The van der Waals surface area contributed by atoms with Crippen LogP contribution in [-0.2, 0) is 42.5 Å². The highest BCUT2D eigenvalue weighted by atomic mass is 16.5. The van der Waals surface area contributed by atoms with Gasteiger partial charge in [0.05, 0.1) is 6.42 Å². The lowest BCUT2D eigenvalue weighted by Gasteiger charge is -2.27. The van der Waals surface area contributed by atoms with E-state index in [1.807, 2.05) is 66.7 Å². The Morgan fingerprint density at radius 1 is 0.838 bits per heavy atom. The van der Waals surface area contributed by atoms with E-state index in [9.17, 15) is 14.4 Å². The maximum Gasteiger partial charge on any atom is 0.330 e. The van der Waals surface area contributed by atoms with Crippen molar-refractivity contribution in [2.24, 2.45) is 0 Å². The Balaban J connectivity index is 1.41. The molecule has 1 heterocycles. The lowest BCUT2D eigenvalue weighted by molar-refractivity contribution is -0.144. The lowest BCUT2D eigenvalue weighted by atomic mass is 9.71. The van der Waals surface area contributed by atoms with E-state index in [0.29, 0.717) is 23.3 Å². The van der Waals surface area contributed by atoms with Crippen LogP contribution in [0.1, 0.15) is 36.0 Å². The molecule has 0 fully saturated rings. The Morgan fingerprint density at radius 2 is 1.43 bits per heavy atom. The molecule has 4 rings (SSSR count). The van der Waals surface area contributed by atoms with Gasteiger partial charge in [0.1, 0.15) is 24.4 Å². The first-order valence-corrected chi connectivity index (χ1v) is 12.1. The zero-order chi connectivity index (χ0) is 26.1. The van der Waals surface area contributed by atoms with Crippen LogP contribution in [-0.4, -0.2) is 17.9 Å². The molecule has 0 aliphatic carbocycles. The van der Waals surface area contributed by atoms with E-state index < -0.39 is 23.3 Å². The number of fused-ring (bicyclic) bond motifs is 1. The Bertz CT molecular complexity index is 1300. The molecule has 3 aromatic carbocycles. The standard InChI is InChI=1S/C31H28O6/c1-23(20-29(33)36-22-25-14-6-3-7-15-25)31(26-16-8-9-17-27(26)37-30(31)34)19-11-10-18-28(32)35-21-24-12-4-2-5-13-24/h2-10,12-18H,1,11,19-22H2/b18-10+. The van der Waals surface area contributed by atoms with Crippen LogP contribution in [0.5, 0.6) is 5.75 Å². The summed E-state index contributed by atoms with van der Waals surface area (Å²) in [4.78, 5) is 38.0. The van der Waals surface area contributed by atoms with Crippen molar-refractivity contribution in [3.05, 3.63) is 126 Å². The predicted molar refractivity (Wildman–Crippen MR) is 138 cm³/mol. The third-order valence-corrected chi connectivity index (χ3v) is 6.27. The van der Waals surface area contributed by atoms with Gasteiger partial charge in [-0.05, 0) is 35.6 Å². The number of allylic oxidation sites excluding steroid dienone is 1. The summed E-state index contributed by atoms with van der Waals surface area (Å²) < 4.78 is 16.2. The molecular weight excluding hydrogens is 468 g/mol. The molecule has 0 spiro atoms. The molecule has 37 heavy (non-hydrogen) atoms. The number of benzene rings is 3. The molecule has 1 atom stereocenters. The van der Waals surface area contributed by atoms with E-state index in [1.54, 1.807) is 24.3 Å². The normalized spacial score (nSPS) is 16.2. The summed E-state index contributed by atoms with van der Waals surface area (Å²) in [5.41, 5.74) is 1.58. The average Bonchev–Trinajstić information content (AvgIpc) is 3.21. The summed E-state index contributed by atoms with van der Waals surface area (Å²) in [6.07, 6.45) is 3.50. The maximum absolute atomic E-state index is 13.2. The Hall–Kier alpha value is -4.45. The molecule has 0 bridgehead atoms.